The van der Waals surface area contributed by atoms with Crippen LogP contribution >= 0.6 is 12.4 Å². The number of β-amino-alcohol motifs (C(OH)–C–C–N with tert-alkyl or cyclic N) is 1. The minimum absolute atomic E-state index is 0. The van der Waals surface area contributed by atoms with Gasteiger partial charge in [0.1, 0.15) is 0 Å². The second-order valence-electron chi connectivity index (χ2n) is 6.76. The summed E-state index contributed by atoms with van der Waals surface area (Å²) in [5.41, 5.74) is 2.54. The van der Waals surface area contributed by atoms with Gasteiger partial charge in [-0.25, -0.2) is 0 Å². The molecule has 7 nitrogen and oxygen atoms in total. The van der Waals surface area contributed by atoms with Crippen LogP contribution in [0.15, 0.2) is 41.0 Å². The summed E-state index contributed by atoms with van der Waals surface area (Å²) in [5.74, 6) is -0.116. The van der Waals surface area contributed by atoms with E-state index >= 15 is 0 Å². The standard InChI is InChI=1S/C19H21N3O4.ClH/c23-16-10-20-8-14(16)9-21-19(25)18-13(5-6-26-18)11-22-15-4-2-1-3-12(15)7-17(22)24;/h1-6,14,16,20,23H,7-11H2,(H,21,25);1H. The Bertz CT molecular complexity index is 838. The van der Waals surface area contributed by atoms with Crippen molar-refractivity contribution in [2.75, 3.05) is 24.5 Å². The number of benzene rings is 1. The molecule has 27 heavy (non-hydrogen) atoms. The van der Waals surface area contributed by atoms with Crippen LogP contribution in [-0.4, -0.2) is 42.7 Å². The van der Waals surface area contributed by atoms with Crippen molar-refractivity contribution in [2.24, 2.45) is 5.92 Å². The van der Waals surface area contributed by atoms with Crippen LogP contribution in [-0.2, 0) is 17.8 Å². The van der Waals surface area contributed by atoms with Crippen LogP contribution in [0.5, 0.6) is 0 Å². The van der Waals surface area contributed by atoms with Crippen molar-refractivity contribution in [3.05, 3.63) is 53.5 Å². The molecule has 1 aromatic carbocycles. The lowest BCUT2D eigenvalue weighted by molar-refractivity contribution is -0.117. The summed E-state index contributed by atoms with van der Waals surface area (Å²) in [6.07, 6.45) is 1.38. The molecule has 4 rings (SSSR count). The molecule has 2 aromatic rings. The van der Waals surface area contributed by atoms with E-state index in [0.29, 0.717) is 38.2 Å². The summed E-state index contributed by atoms with van der Waals surface area (Å²) in [7, 11) is 0. The van der Waals surface area contributed by atoms with Crippen molar-refractivity contribution in [2.45, 2.75) is 19.1 Å². The molecule has 1 saturated heterocycles. The van der Waals surface area contributed by atoms with Crippen LogP contribution in [0.3, 0.4) is 0 Å². The Balaban J connectivity index is 0.00000210. The summed E-state index contributed by atoms with van der Waals surface area (Å²) in [6.45, 7) is 1.88. The fraction of sp³-hybridized carbons (Fsp3) is 0.368. The summed E-state index contributed by atoms with van der Waals surface area (Å²) in [6, 6.07) is 9.38. The highest BCUT2D eigenvalue weighted by Crippen LogP contribution is 2.30. The van der Waals surface area contributed by atoms with Gasteiger partial charge >= 0.3 is 0 Å². The number of fused-ring (bicyclic) bond motifs is 1. The summed E-state index contributed by atoms with van der Waals surface area (Å²) < 4.78 is 5.37. The Morgan fingerprint density at radius 3 is 2.89 bits per heavy atom. The number of carbonyl (C=O) groups excluding carboxylic acids is 2. The normalized spacial score (nSPS) is 21.1. The van der Waals surface area contributed by atoms with Gasteiger partial charge in [-0.15, -0.1) is 12.4 Å². The monoisotopic (exact) mass is 391 g/mol. The fourth-order valence-corrected chi connectivity index (χ4v) is 3.55. The van der Waals surface area contributed by atoms with Crippen molar-refractivity contribution < 1.29 is 19.1 Å². The smallest absolute Gasteiger partial charge is 0.287 e. The number of aliphatic hydroxyl groups is 1. The lowest BCUT2D eigenvalue weighted by atomic mass is 10.1. The second kappa shape index (κ2) is 8.12. The maximum absolute atomic E-state index is 12.5. The molecule has 2 aliphatic heterocycles. The minimum Gasteiger partial charge on any atom is -0.459 e. The molecular formula is C19H22ClN3O4. The maximum atomic E-state index is 12.5. The van der Waals surface area contributed by atoms with E-state index in [4.69, 9.17) is 4.42 Å². The van der Waals surface area contributed by atoms with Gasteiger partial charge < -0.3 is 25.1 Å². The van der Waals surface area contributed by atoms with Gasteiger partial charge in [0.25, 0.3) is 5.91 Å². The number of hydrogen-bond acceptors (Lipinski definition) is 5. The molecule has 1 aromatic heterocycles. The predicted octanol–water partition coefficient (Wildman–Crippen LogP) is 1.10. The quantitative estimate of drug-likeness (QED) is 0.709. The van der Waals surface area contributed by atoms with Crippen molar-refractivity contribution in [1.29, 1.82) is 0 Å². The average Bonchev–Trinajstić information content (AvgIpc) is 3.33. The van der Waals surface area contributed by atoms with Gasteiger partial charge in [0.15, 0.2) is 5.76 Å². The Morgan fingerprint density at radius 2 is 2.11 bits per heavy atom. The van der Waals surface area contributed by atoms with Crippen LogP contribution in [0, 0.1) is 5.92 Å². The molecule has 2 atom stereocenters. The zero-order valence-corrected chi connectivity index (χ0v) is 15.5. The third-order valence-corrected chi connectivity index (χ3v) is 5.04. The molecule has 144 valence electrons. The Morgan fingerprint density at radius 1 is 1.30 bits per heavy atom. The molecule has 2 unspecified atom stereocenters. The van der Waals surface area contributed by atoms with Crippen LogP contribution in [0.1, 0.15) is 21.7 Å². The average molecular weight is 392 g/mol. The van der Waals surface area contributed by atoms with E-state index in [2.05, 4.69) is 10.6 Å². The number of nitrogens with zero attached hydrogens (tertiary/aromatic N) is 1. The molecule has 8 heteroatoms. The van der Waals surface area contributed by atoms with Gasteiger partial charge in [-0.2, -0.15) is 0 Å². The van der Waals surface area contributed by atoms with E-state index in [-0.39, 0.29) is 35.9 Å². The van der Waals surface area contributed by atoms with Crippen molar-refractivity contribution in [3.63, 3.8) is 0 Å². The van der Waals surface area contributed by atoms with E-state index in [9.17, 15) is 14.7 Å². The van der Waals surface area contributed by atoms with Gasteiger partial charge in [-0.3, -0.25) is 9.59 Å². The number of nitrogens with one attached hydrogen (secondary N) is 2. The molecule has 0 aliphatic carbocycles. The van der Waals surface area contributed by atoms with Gasteiger partial charge in [-0.05, 0) is 17.7 Å². The Hall–Kier alpha value is -2.35. The zero-order valence-electron chi connectivity index (χ0n) is 14.7. The largest absolute Gasteiger partial charge is 0.459 e. The number of aliphatic hydroxyl groups excluding tert-OH is 1. The molecule has 0 spiro atoms. The fourth-order valence-electron chi connectivity index (χ4n) is 3.55. The third-order valence-electron chi connectivity index (χ3n) is 5.04. The van der Waals surface area contributed by atoms with Gasteiger partial charge in [-0.1, -0.05) is 18.2 Å². The topological polar surface area (TPSA) is 94.8 Å². The number of furan rings is 1. The van der Waals surface area contributed by atoms with Gasteiger partial charge in [0.05, 0.1) is 25.3 Å². The molecule has 0 bridgehead atoms. The SMILES string of the molecule is Cl.O=C(NCC1CNCC1O)c1occc1CN1C(=O)Cc2ccccc21. The minimum atomic E-state index is -0.454. The van der Waals surface area contributed by atoms with Crippen molar-refractivity contribution in [1.82, 2.24) is 10.6 Å². The summed E-state index contributed by atoms with van der Waals surface area (Å²) >= 11 is 0. The zero-order chi connectivity index (χ0) is 18.1. The van der Waals surface area contributed by atoms with Gasteiger partial charge in [0.2, 0.25) is 5.91 Å². The molecule has 3 N–H and O–H groups in total. The van der Waals surface area contributed by atoms with Crippen LogP contribution < -0.4 is 15.5 Å². The van der Waals surface area contributed by atoms with Crippen LogP contribution in [0.2, 0.25) is 0 Å². The highest BCUT2D eigenvalue weighted by Gasteiger charge is 2.29. The number of halogens is 1. The predicted molar refractivity (Wildman–Crippen MR) is 102 cm³/mol. The molecular weight excluding hydrogens is 370 g/mol. The molecule has 0 saturated carbocycles. The first kappa shape index (κ1) is 19.4. The number of anilines is 1. The number of carbonyl (C=O) groups is 2. The first-order chi connectivity index (χ1) is 12.6. The Kier molecular flexibility index (Phi) is 5.84. The molecule has 3 heterocycles. The lowest BCUT2D eigenvalue weighted by Gasteiger charge is -2.17. The number of rotatable bonds is 5. The van der Waals surface area contributed by atoms with E-state index in [1.165, 1.54) is 6.26 Å². The summed E-state index contributed by atoms with van der Waals surface area (Å²) in [5, 5.41) is 15.7. The van der Waals surface area contributed by atoms with Crippen LogP contribution in [0.25, 0.3) is 0 Å². The third kappa shape index (κ3) is 3.85. The van der Waals surface area contributed by atoms with E-state index < -0.39 is 6.10 Å². The number of amides is 2. The highest BCUT2D eigenvalue weighted by atomic mass is 35.5. The van der Waals surface area contributed by atoms with Crippen molar-refractivity contribution in [3.8, 4) is 0 Å². The highest BCUT2D eigenvalue weighted by molar-refractivity contribution is 6.01. The first-order valence-corrected chi connectivity index (χ1v) is 8.75. The molecule has 2 amide bonds. The summed E-state index contributed by atoms with van der Waals surface area (Å²) in [4.78, 5) is 26.5. The number of para-hydroxylation sites is 1. The molecule has 1 fully saturated rings. The lowest BCUT2D eigenvalue weighted by Crippen LogP contribution is -2.35. The number of hydrogen-bond donors (Lipinski definition) is 3. The van der Waals surface area contributed by atoms with Crippen molar-refractivity contribution >= 4 is 29.9 Å². The van der Waals surface area contributed by atoms with E-state index in [1.807, 2.05) is 24.3 Å². The van der Waals surface area contributed by atoms with Gasteiger partial charge in [0, 0.05) is 36.8 Å². The first-order valence-electron chi connectivity index (χ1n) is 8.75. The molecule has 0 radical (unpaired) electrons. The van der Waals surface area contributed by atoms with E-state index in [0.717, 1.165) is 11.3 Å². The Labute approximate surface area is 163 Å². The van der Waals surface area contributed by atoms with E-state index in [1.54, 1.807) is 11.0 Å². The maximum Gasteiger partial charge on any atom is 0.287 e. The second-order valence-corrected chi connectivity index (χ2v) is 6.76. The molecule has 2 aliphatic rings. The van der Waals surface area contributed by atoms with Crippen LogP contribution in [0.4, 0.5) is 5.69 Å².